The number of rotatable bonds is 8. The van der Waals surface area contributed by atoms with Crippen LogP contribution in [-0.2, 0) is 25.6 Å². The van der Waals surface area contributed by atoms with Crippen molar-refractivity contribution in [2.75, 3.05) is 13.4 Å². The highest BCUT2D eigenvalue weighted by molar-refractivity contribution is 5.74. The van der Waals surface area contributed by atoms with Crippen molar-refractivity contribution in [3.05, 3.63) is 35.9 Å². The minimum Gasteiger partial charge on any atom is -0.464 e. The standard InChI is InChI=1S/C15H22O4/c1-12(2)9-18-15(16)13(3)19-11-17-10-14-7-5-4-6-8-14/h4-8,12-13H,9-11H2,1-3H3. The average Bonchev–Trinajstić information content (AvgIpc) is 2.41. The fourth-order valence-corrected chi connectivity index (χ4v) is 1.32. The van der Waals surface area contributed by atoms with Crippen LogP contribution in [0.5, 0.6) is 0 Å². The smallest absolute Gasteiger partial charge is 0.335 e. The van der Waals surface area contributed by atoms with Gasteiger partial charge in [0, 0.05) is 0 Å². The average molecular weight is 266 g/mol. The molecular weight excluding hydrogens is 244 g/mol. The molecule has 0 fully saturated rings. The summed E-state index contributed by atoms with van der Waals surface area (Å²) in [6, 6.07) is 9.80. The molecule has 0 N–H and O–H groups in total. The molecule has 0 heterocycles. The maximum atomic E-state index is 11.5. The van der Waals surface area contributed by atoms with Crippen molar-refractivity contribution in [2.45, 2.75) is 33.5 Å². The number of carbonyl (C=O) groups is 1. The first kappa shape index (κ1) is 15.7. The van der Waals surface area contributed by atoms with E-state index in [0.29, 0.717) is 19.1 Å². The minimum atomic E-state index is -0.602. The van der Waals surface area contributed by atoms with Crippen LogP contribution in [0.4, 0.5) is 0 Å². The van der Waals surface area contributed by atoms with Crippen LogP contribution in [0.1, 0.15) is 26.3 Å². The topological polar surface area (TPSA) is 44.8 Å². The third-order valence-electron chi connectivity index (χ3n) is 2.40. The quantitative estimate of drug-likeness (QED) is 0.412. The Labute approximate surface area is 114 Å². The van der Waals surface area contributed by atoms with Gasteiger partial charge in [0.05, 0.1) is 13.2 Å². The number of esters is 1. The van der Waals surface area contributed by atoms with E-state index in [-0.39, 0.29) is 12.8 Å². The maximum Gasteiger partial charge on any atom is 0.335 e. The van der Waals surface area contributed by atoms with Crippen LogP contribution in [0.25, 0.3) is 0 Å². The second-order valence-corrected chi connectivity index (χ2v) is 4.78. The van der Waals surface area contributed by atoms with Crippen LogP contribution in [-0.4, -0.2) is 25.5 Å². The van der Waals surface area contributed by atoms with E-state index in [2.05, 4.69) is 0 Å². The van der Waals surface area contributed by atoms with Crippen LogP contribution >= 0.6 is 0 Å². The maximum absolute atomic E-state index is 11.5. The number of hydrogen-bond donors (Lipinski definition) is 0. The molecule has 1 rings (SSSR count). The lowest BCUT2D eigenvalue weighted by Gasteiger charge is -2.13. The zero-order valence-electron chi connectivity index (χ0n) is 11.8. The lowest BCUT2D eigenvalue weighted by Crippen LogP contribution is -2.25. The fourth-order valence-electron chi connectivity index (χ4n) is 1.32. The molecule has 4 nitrogen and oxygen atoms in total. The van der Waals surface area contributed by atoms with E-state index in [0.717, 1.165) is 5.56 Å². The highest BCUT2D eigenvalue weighted by Crippen LogP contribution is 2.02. The molecule has 0 aliphatic carbocycles. The molecule has 19 heavy (non-hydrogen) atoms. The fraction of sp³-hybridized carbons (Fsp3) is 0.533. The monoisotopic (exact) mass is 266 g/mol. The molecule has 0 spiro atoms. The van der Waals surface area contributed by atoms with Gasteiger partial charge in [0.1, 0.15) is 6.79 Å². The molecule has 0 aliphatic rings. The Morgan fingerprint density at radius 3 is 2.47 bits per heavy atom. The largest absolute Gasteiger partial charge is 0.464 e. The molecule has 0 amide bonds. The number of ether oxygens (including phenoxy) is 3. The van der Waals surface area contributed by atoms with E-state index in [1.807, 2.05) is 44.2 Å². The Bertz CT molecular complexity index is 362. The van der Waals surface area contributed by atoms with Crippen molar-refractivity contribution < 1.29 is 19.0 Å². The molecule has 1 atom stereocenters. The van der Waals surface area contributed by atoms with Crippen LogP contribution in [0.3, 0.4) is 0 Å². The van der Waals surface area contributed by atoms with Crippen molar-refractivity contribution >= 4 is 5.97 Å². The first-order valence-electron chi connectivity index (χ1n) is 6.49. The summed E-state index contributed by atoms with van der Waals surface area (Å²) in [5.74, 6) is -0.0255. The Morgan fingerprint density at radius 2 is 1.84 bits per heavy atom. The van der Waals surface area contributed by atoms with Crippen LogP contribution in [0.15, 0.2) is 30.3 Å². The molecule has 1 unspecified atom stereocenters. The third kappa shape index (κ3) is 6.94. The zero-order valence-corrected chi connectivity index (χ0v) is 11.8. The minimum absolute atomic E-state index is 0.0762. The van der Waals surface area contributed by atoms with Gasteiger partial charge in [-0.1, -0.05) is 44.2 Å². The molecule has 0 aromatic heterocycles. The van der Waals surface area contributed by atoms with Gasteiger partial charge in [-0.05, 0) is 18.4 Å². The van der Waals surface area contributed by atoms with Gasteiger partial charge in [0.2, 0.25) is 0 Å². The van der Waals surface area contributed by atoms with Crippen molar-refractivity contribution in [3.63, 3.8) is 0 Å². The zero-order chi connectivity index (χ0) is 14.1. The normalized spacial score (nSPS) is 12.4. The summed E-state index contributed by atoms with van der Waals surface area (Å²) in [4.78, 5) is 11.5. The van der Waals surface area contributed by atoms with Crippen LogP contribution < -0.4 is 0 Å². The molecule has 0 bridgehead atoms. The summed E-state index contributed by atoms with van der Waals surface area (Å²) in [5.41, 5.74) is 1.07. The van der Waals surface area contributed by atoms with E-state index in [1.54, 1.807) is 6.92 Å². The summed E-state index contributed by atoms with van der Waals surface area (Å²) in [6.07, 6.45) is -0.602. The molecule has 1 aromatic rings. The van der Waals surface area contributed by atoms with Gasteiger partial charge in [0.25, 0.3) is 0 Å². The Hall–Kier alpha value is -1.39. The molecule has 1 aromatic carbocycles. The van der Waals surface area contributed by atoms with Crippen LogP contribution in [0, 0.1) is 5.92 Å². The van der Waals surface area contributed by atoms with Gasteiger partial charge in [0.15, 0.2) is 6.10 Å². The molecule has 0 saturated carbocycles. The molecule has 0 aliphatic heterocycles. The Balaban J connectivity index is 2.13. The highest BCUT2D eigenvalue weighted by Gasteiger charge is 2.15. The molecule has 0 saturated heterocycles. The van der Waals surface area contributed by atoms with Gasteiger partial charge in [-0.3, -0.25) is 0 Å². The summed E-state index contributed by atoms with van der Waals surface area (Å²) < 4.78 is 15.7. The van der Waals surface area contributed by atoms with Gasteiger partial charge in [-0.15, -0.1) is 0 Å². The van der Waals surface area contributed by atoms with Gasteiger partial charge >= 0.3 is 5.97 Å². The third-order valence-corrected chi connectivity index (χ3v) is 2.40. The predicted molar refractivity (Wildman–Crippen MR) is 72.4 cm³/mol. The van der Waals surface area contributed by atoms with Gasteiger partial charge in [-0.25, -0.2) is 4.79 Å². The summed E-state index contributed by atoms with van der Waals surface area (Å²) >= 11 is 0. The molecule has 0 radical (unpaired) electrons. The lowest BCUT2D eigenvalue weighted by molar-refractivity contribution is -0.167. The van der Waals surface area contributed by atoms with Crippen molar-refractivity contribution in [1.82, 2.24) is 0 Å². The Kier molecular flexibility index (Phi) is 7.15. The first-order chi connectivity index (χ1) is 9.09. The van der Waals surface area contributed by atoms with Crippen molar-refractivity contribution in [1.29, 1.82) is 0 Å². The van der Waals surface area contributed by atoms with Crippen molar-refractivity contribution in [3.8, 4) is 0 Å². The summed E-state index contributed by atoms with van der Waals surface area (Å²) in [7, 11) is 0. The second-order valence-electron chi connectivity index (χ2n) is 4.78. The molecule has 4 heteroatoms. The predicted octanol–water partition coefficient (Wildman–Crippen LogP) is 2.77. The van der Waals surface area contributed by atoms with Gasteiger partial charge in [-0.2, -0.15) is 0 Å². The molecule has 106 valence electrons. The van der Waals surface area contributed by atoms with E-state index >= 15 is 0 Å². The first-order valence-corrected chi connectivity index (χ1v) is 6.49. The summed E-state index contributed by atoms with van der Waals surface area (Å²) in [6.45, 7) is 6.59. The van der Waals surface area contributed by atoms with Gasteiger partial charge < -0.3 is 14.2 Å². The SMILES string of the molecule is CC(C)COC(=O)C(C)OCOCc1ccccc1. The molecular formula is C15H22O4. The number of carbonyl (C=O) groups excluding carboxylic acids is 1. The highest BCUT2D eigenvalue weighted by atomic mass is 16.7. The summed E-state index contributed by atoms with van der Waals surface area (Å²) in [5, 5.41) is 0. The lowest BCUT2D eigenvalue weighted by atomic mass is 10.2. The van der Waals surface area contributed by atoms with Crippen molar-refractivity contribution in [2.24, 2.45) is 5.92 Å². The second kappa shape index (κ2) is 8.67. The Morgan fingerprint density at radius 1 is 1.16 bits per heavy atom. The van der Waals surface area contributed by atoms with Crippen LogP contribution in [0.2, 0.25) is 0 Å². The van der Waals surface area contributed by atoms with E-state index in [9.17, 15) is 4.79 Å². The van der Waals surface area contributed by atoms with E-state index < -0.39 is 6.10 Å². The van der Waals surface area contributed by atoms with E-state index in [4.69, 9.17) is 14.2 Å². The number of hydrogen-bond acceptors (Lipinski definition) is 4. The van der Waals surface area contributed by atoms with E-state index in [1.165, 1.54) is 0 Å². The number of benzene rings is 1.